The minimum Gasteiger partial charge on any atom is -0.454 e. The van der Waals surface area contributed by atoms with Crippen LogP contribution in [0.25, 0.3) is 88.1 Å². The van der Waals surface area contributed by atoms with E-state index in [4.69, 9.17) is 4.42 Å². The first-order valence-electron chi connectivity index (χ1n) is 16.5. The molecule has 0 spiro atoms. The van der Waals surface area contributed by atoms with E-state index in [1.807, 2.05) is 95.6 Å². The van der Waals surface area contributed by atoms with Crippen LogP contribution in [0.4, 0.5) is 0 Å². The van der Waals surface area contributed by atoms with Gasteiger partial charge in [0.05, 0.1) is 50.5 Å². The van der Waals surface area contributed by atoms with Crippen molar-refractivity contribution in [1.82, 2.24) is 9.13 Å². The van der Waals surface area contributed by atoms with Gasteiger partial charge in [-0.1, -0.05) is 91.0 Å². The van der Waals surface area contributed by atoms with Gasteiger partial charge in [-0.05, 0) is 48.5 Å². The Labute approximate surface area is 291 Å². The molecule has 234 valence electrons. The molecule has 6 nitrogen and oxygen atoms in total. The largest absolute Gasteiger partial charge is 0.454 e. The van der Waals surface area contributed by atoms with Crippen molar-refractivity contribution in [2.24, 2.45) is 0 Å². The van der Waals surface area contributed by atoms with Crippen LogP contribution in [-0.2, 0) is 0 Å². The summed E-state index contributed by atoms with van der Waals surface area (Å²) in [5.41, 5.74) is 8.78. The van der Waals surface area contributed by atoms with Crippen molar-refractivity contribution in [2.45, 2.75) is 0 Å². The standard InChI is InChI=1S/C45H23N5O/c46-24-27-17-19-35(30-20-18-29(23-28(30)25-47)49-39-13-5-1-9-31(39)32-10-2-6-14-40(32)49)43(38(27)26-48)50-41-15-7-3-11-33(41)36-21-22-37-34-12-4-8-16-42(34)51-45(37)44(36)50/h1-23H. The smallest absolute Gasteiger partial charge is 0.160 e. The molecule has 10 rings (SSSR count). The highest BCUT2D eigenvalue weighted by Gasteiger charge is 2.25. The second-order valence-corrected chi connectivity index (χ2v) is 12.6. The van der Waals surface area contributed by atoms with Crippen molar-refractivity contribution >= 4 is 65.6 Å². The van der Waals surface area contributed by atoms with E-state index in [0.29, 0.717) is 28.0 Å². The predicted octanol–water partition coefficient (Wildman–Crippen LogP) is 11.1. The molecule has 6 heteroatoms. The molecule has 0 amide bonds. The van der Waals surface area contributed by atoms with Gasteiger partial charge in [-0.2, -0.15) is 15.8 Å². The van der Waals surface area contributed by atoms with Crippen molar-refractivity contribution in [1.29, 1.82) is 15.8 Å². The summed E-state index contributed by atoms with van der Waals surface area (Å²) in [6, 6.07) is 53.2. The second-order valence-electron chi connectivity index (χ2n) is 12.6. The summed E-state index contributed by atoms with van der Waals surface area (Å²) in [7, 11) is 0. The number of para-hydroxylation sites is 4. The summed E-state index contributed by atoms with van der Waals surface area (Å²) in [5.74, 6) is 0. The Hall–Kier alpha value is -7.59. The lowest BCUT2D eigenvalue weighted by Gasteiger charge is -2.18. The van der Waals surface area contributed by atoms with Crippen LogP contribution < -0.4 is 0 Å². The van der Waals surface area contributed by atoms with Gasteiger partial charge in [0.2, 0.25) is 0 Å². The molecule has 3 heterocycles. The third-order valence-electron chi connectivity index (χ3n) is 10.1. The highest BCUT2D eigenvalue weighted by Crippen LogP contribution is 2.44. The number of nitriles is 3. The minimum atomic E-state index is 0.223. The number of hydrogen-bond donors (Lipinski definition) is 0. The van der Waals surface area contributed by atoms with E-state index in [1.54, 1.807) is 6.07 Å². The molecular weight excluding hydrogens is 627 g/mol. The first-order valence-corrected chi connectivity index (χ1v) is 16.5. The molecule has 0 aliphatic rings. The molecule has 0 unspecified atom stereocenters. The number of furan rings is 1. The summed E-state index contributed by atoms with van der Waals surface area (Å²) in [4.78, 5) is 0. The first kappa shape index (κ1) is 28.4. The van der Waals surface area contributed by atoms with Crippen LogP contribution in [0.1, 0.15) is 16.7 Å². The summed E-state index contributed by atoms with van der Waals surface area (Å²) in [5, 5.41) is 37.9. The molecule has 3 aromatic heterocycles. The van der Waals surface area contributed by atoms with Gasteiger partial charge in [-0.15, -0.1) is 0 Å². The Morgan fingerprint density at radius 3 is 1.69 bits per heavy atom. The molecule has 0 aliphatic heterocycles. The molecule has 51 heavy (non-hydrogen) atoms. The van der Waals surface area contributed by atoms with E-state index in [9.17, 15) is 15.8 Å². The summed E-state index contributed by atoms with van der Waals surface area (Å²) >= 11 is 0. The van der Waals surface area contributed by atoms with Gasteiger partial charge >= 0.3 is 0 Å². The Balaban J connectivity index is 1.31. The fraction of sp³-hybridized carbons (Fsp3) is 0. The Morgan fingerprint density at radius 2 is 1.02 bits per heavy atom. The third kappa shape index (κ3) is 3.89. The zero-order valence-electron chi connectivity index (χ0n) is 26.9. The minimum absolute atomic E-state index is 0.223. The molecule has 10 aromatic rings. The van der Waals surface area contributed by atoms with Crippen molar-refractivity contribution in [3.05, 3.63) is 156 Å². The number of nitrogens with zero attached hydrogens (tertiary/aromatic N) is 5. The van der Waals surface area contributed by atoms with E-state index >= 15 is 0 Å². The highest BCUT2D eigenvalue weighted by atomic mass is 16.3. The Morgan fingerprint density at radius 1 is 0.451 bits per heavy atom. The molecule has 0 fully saturated rings. The van der Waals surface area contributed by atoms with E-state index in [1.165, 1.54) is 0 Å². The molecule has 0 radical (unpaired) electrons. The normalized spacial score (nSPS) is 11.5. The SMILES string of the molecule is N#Cc1cc(-n2c3ccccc3c3ccccc32)ccc1-c1ccc(C#N)c(C#N)c1-n1c2ccccc2c2ccc3c4ccccc4oc3c21. The maximum atomic E-state index is 10.8. The predicted molar refractivity (Wildman–Crippen MR) is 202 cm³/mol. The lowest BCUT2D eigenvalue weighted by atomic mass is 9.93. The first-order chi connectivity index (χ1) is 25.2. The Bertz CT molecular complexity index is 3190. The van der Waals surface area contributed by atoms with Gasteiger partial charge in [-0.3, -0.25) is 0 Å². The van der Waals surface area contributed by atoms with E-state index in [2.05, 4.69) is 65.2 Å². The number of hydrogen-bond acceptors (Lipinski definition) is 4. The molecule has 0 bridgehead atoms. The fourth-order valence-corrected chi connectivity index (χ4v) is 7.91. The maximum Gasteiger partial charge on any atom is 0.160 e. The van der Waals surface area contributed by atoms with Gasteiger partial charge in [0.25, 0.3) is 0 Å². The van der Waals surface area contributed by atoms with Crippen molar-refractivity contribution in [3.8, 4) is 40.7 Å². The van der Waals surface area contributed by atoms with Crippen molar-refractivity contribution in [3.63, 3.8) is 0 Å². The van der Waals surface area contributed by atoms with Crippen molar-refractivity contribution in [2.75, 3.05) is 0 Å². The quantitative estimate of drug-likeness (QED) is 0.190. The average Bonchev–Trinajstić information content (AvgIpc) is 3.85. The molecule has 0 N–H and O–H groups in total. The van der Waals surface area contributed by atoms with E-state index < -0.39 is 0 Å². The van der Waals surface area contributed by atoms with Crippen LogP contribution in [-0.4, -0.2) is 9.13 Å². The maximum absolute atomic E-state index is 10.8. The van der Waals surface area contributed by atoms with Gasteiger partial charge in [0, 0.05) is 49.1 Å². The number of fused-ring (bicyclic) bond motifs is 10. The van der Waals surface area contributed by atoms with Crippen LogP contribution in [0.3, 0.4) is 0 Å². The summed E-state index contributed by atoms with van der Waals surface area (Å²) in [6.07, 6.45) is 0. The van der Waals surface area contributed by atoms with Gasteiger partial charge in [0.1, 0.15) is 17.7 Å². The topological polar surface area (TPSA) is 94.4 Å². The lowest BCUT2D eigenvalue weighted by Crippen LogP contribution is -2.04. The highest BCUT2D eigenvalue weighted by molar-refractivity contribution is 6.22. The molecule has 0 aliphatic carbocycles. The monoisotopic (exact) mass is 649 g/mol. The number of aromatic nitrogens is 2. The third-order valence-corrected chi connectivity index (χ3v) is 10.1. The van der Waals surface area contributed by atoms with Gasteiger partial charge < -0.3 is 13.6 Å². The molecule has 0 atom stereocenters. The zero-order chi connectivity index (χ0) is 34.2. The van der Waals surface area contributed by atoms with Crippen LogP contribution in [0.5, 0.6) is 0 Å². The van der Waals surface area contributed by atoms with E-state index in [0.717, 1.165) is 65.7 Å². The summed E-state index contributed by atoms with van der Waals surface area (Å²) < 4.78 is 10.8. The second kappa shape index (κ2) is 10.7. The molecule has 0 saturated carbocycles. The summed E-state index contributed by atoms with van der Waals surface area (Å²) in [6.45, 7) is 0. The number of benzene rings is 7. The van der Waals surface area contributed by atoms with Crippen LogP contribution in [0.15, 0.2) is 144 Å². The van der Waals surface area contributed by atoms with E-state index in [-0.39, 0.29) is 11.1 Å². The average molecular weight is 650 g/mol. The Kier molecular flexibility index (Phi) is 5.97. The van der Waals surface area contributed by atoms with Crippen LogP contribution in [0.2, 0.25) is 0 Å². The lowest BCUT2D eigenvalue weighted by molar-refractivity contribution is 0.671. The molecule has 0 saturated heterocycles. The van der Waals surface area contributed by atoms with Crippen LogP contribution >= 0.6 is 0 Å². The van der Waals surface area contributed by atoms with Crippen molar-refractivity contribution < 1.29 is 4.42 Å². The zero-order valence-corrected chi connectivity index (χ0v) is 26.9. The van der Waals surface area contributed by atoms with Gasteiger partial charge in [-0.25, -0.2) is 0 Å². The fourth-order valence-electron chi connectivity index (χ4n) is 7.91. The molecular formula is C45H23N5O. The number of rotatable bonds is 3. The van der Waals surface area contributed by atoms with Gasteiger partial charge in [0.15, 0.2) is 5.58 Å². The van der Waals surface area contributed by atoms with Crippen LogP contribution in [0, 0.1) is 34.0 Å². The molecule has 7 aromatic carbocycles.